The molecule has 0 heterocycles. The summed E-state index contributed by atoms with van der Waals surface area (Å²) in [6, 6.07) is 0. The molecule has 0 aliphatic rings. The molecule has 0 saturated heterocycles. The summed E-state index contributed by atoms with van der Waals surface area (Å²) in [5.74, 6) is 0.833. The van der Waals surface area contributed by atoms with Gasteiger partial charge in [0.2, 0.25) is 0 Å². The molecule has 30 heavy (non-hydrogen) atoms. The highest BCUT2D eigenvalue weighted by Crippen LogP contribution is 2.19. The fraction of sp³-hybridized carbons (Fsp3) is 1.00. The second-order valence-corrected chi connectivity index (χ2v) is 11.0. The van der Waals surface area contributed by atoms with Crippen molar-refractivity contribution in [2.45, 2.75) is 183 Å². The molecule has 0 aliphatic carbocycles. The highest BCUT2D eigenvalue weighted by molar-refractivity contribution is 4.58. The fourth-order valence-electron chi connectivity index (χ4n) is 1.10. The Labute approximate surface area is 199 Å². The molecule has 0 N–H and O–H groups in total. The van der Waals surface area contributed by atoms with Crippen LogP contribution in [0.2, 0.25) is 0 Å². The van der Waals surface area contributed by atoms with Crippen LogP contribution in [0.3, 0.4) is 0 Å². The van der Waals surface area contributed by atoms with Crippen molar-refractivity contribution in [3.63, 3.8) is 0 Å². The van der Waals surface area contributed by atoms with Gasteiger partial charge in [-0.3, -0.25) is 0 Å². The van der Waals surface area contributed by atoms with Crippen molar-refractivity contribution in [3.8, 4) is 0 Å². The minimum absolute atomic E-state index is 0. The van der Waals surface area contributed by atoms with Gasteiger partial charge in [-0.15, -0.1) is 0 Å². The van der Waals surface area contributed by atoms with Crippen LogP contribution in [0.5, 0.6) is 0 Å². The van der Waals surface area contributed by atoms with Crippen LogP contribution in [-0.2, 0) is 0 Å². The van der Waals surface area contributed by atoms with Gasteiger partial charge in [-0.25, -0.2) is 0 Å². The topological polar surface area (TPSA) is 0 Å². The van der Waals surface area contributed by atoms with Crippen LogP contribution in [-0.4, -0.2) is 0 Å². The van der Waals surface area contributed by atoms with Crippen molar-refractivity contribution < 1.29 is 0 Å². The van der Waals surface area contributed by atoms with Crippen LogP contribution in [0.15, 0.2) is 0 Å². The first-order valence-corrected chi connectivity index (χ1v) is 13.1. The average molecular weight is 435 g/mol. The zero-order valence-corrected chi connectivity index (χ0v) is 24.9. The van der Waals surface area contributed by atoms with Gasteiger partial charge in [0.25, 0.3) is 0 Å². The van der Waals surface area contributed by atoms with Crippen molar-refractivity contribution in [1.82, 2.24) is 0 Å². The molecule has 0 aromatic heterocycles. The second-order valence-electron chi connectivity index (χ2n) is 11.0. The van der Waals surface area contributed by atoms with Crippen LogP contribution in [0.4, 0.5) is 0 Å². The lowest BCUT2D eigenvalue weighted by atomic mass is 9.91. The first kappa shape index (κ1) is 47.7. The van der Waals surface area contributed by atoms with Crippen LogP contribution >= 0.6 is 0 Å². The van der Waals surface area contributed by atoms with E-state index >= 15 is 0 Å². The van der Waals surface area contributed by atoms with Crippen molar-refractivity contribution in [1.29, 1.82) is 0 Å². The van der Waals surface area contributed by atoms with Gasteiger partial charge in [0.1, 0.15) is 0 Å². The van der Waals surface area contributed by atoms with Gasteiger partial charge in [-0.05, 0) is 23.2 Å². The SMILES string of the molecule is C.CC(C)C.CCC.CCC(C)(C)C.CCCC.CCCC(C)(C)C.CCCCC. The third-order valence-corrected chi connectivity index (χ3v) is 3.27. The Bertz CT molecular complexity index is 192. The Kier molecular flexibility index (Phi) is 62.8. The first-order valence-electron chi connectivity index (χ1n) is 13.1. The minimum atomic E-state index is 0. The molecule has 0 fully saturated rings. The molecule has 0 aromatic carbocycles. The van der Waals surface area contributed by atoms with Gasteiger partial charge in [0.05, 0.1) is 0 Å². The van der Waals surface area contributed by atoms with E-state index in [9.17, 15) is 0 Å². The molecule has 0 radical (unpaired) electrons. The monoisotopic (exact) mass is 435 g/mol. The molecule has 0 bridgehead atoms. The summed E-state index contributed by atoms with van der Waals surface area (Å²) in [7, 11) is 0. The van der Waals surface area contributed by atoms with Crippen LogP contribution in [0.1, 0.15) is 183 Å². The standard InChI is InChI=1S/C7H16.C6H14.C5H12.2C4H10.C3H8.CH4/c1-5-6-7(2,3)4;1-5-6(2,3)4;1-3-5-4-2;1-4(2)3;1-3-4-2;1-3-2;/h5-6H2,1-4H3;5H2,1-4H3;3-5H2,1-2H3;4H,1-3H3;3-4H2,1-2H3;3H2,1-2H3;1H4. The van der Waals surface area contributed by atoms with Gasteiger partial charge < -0.3 is 0 Å². The molecule has 0 atom stereocenters. The molecular weight excluding hydrogens is 360 g/mol. The molecule has 0 aromatic rings. The van der Waals surface area contributed by atoms with Crippen molar-refractivity contribution in [2.24, 2.45) is 16.7 Å². The van der Waals surface area contributed by atoms with Crippen LogP contribution in [0, 0.1) is 16.7 Å². The lowest BCUT2D eigenvalue weighted by molar-refractivity contribution is 0.373. The molecule has 0 nitrogen and oxygen atoms in total. The van der Waals surface area contributed by atoms with E-state index in [-0.39, 0.29) is 7.43 Å². The molecule has 0 spiro atoms. The predicted molar refractivity (Wildman–Crippen MR) is 153 cm³/mol. The van der Waals surface area contributed by atoms with Crippen molar-refractivity contribution in [2.75, 3.05) is 0 Å². The lowest BCUT2D eigenvalue weighted by Gasteiger charge is -2.15. The molecule has 0 rings (SSSR count). The zero-order valence-electron chi connectivity index (χ0n) is 24.9. The molecule has 0 amide bonds. The summed E-state index contributed by atoms with van der Waals surface area (Å²) in [5, 5.41) is 0. The summed E-state index contributed by atoms with van der Waals surface area (Å²) < 4.78 is 0. The maximum Gasteiger partial charge on any atom is -0.0383 e. The predicted octanol–water partition coefficient (Wildman–Crippen LogP) is 13.0. The number of hydrogen-bond acceptors (Lipinski definition) is 0. The Balaban J connectivity index is -0.0000000430. The van der Waals surface area contributed by atoms with E-state index in [0.29, 0.717) is 10.8 Å². The molecule has 0 aliphatic heterocycles. The largest absolute Gasteiger partial charge is 0.0776 e. The molecule has 0 heteroatoms. The summed E-state index contributed by atoms with van der Waals surface area (Å²) in [5.41, 5.74) is 1.09. The summed E-state index contributed by atoms with van der Waals surface area (Å²) in [6.45, 7) is 37.5. The number of hydrogen-bond donors (Lipinski definition) is 0. The zero-order chi connectivity index (χ0) is 24.9. The highest BCUT2D eigenvalue weighted by Gasteiger charge is 2.06. The van der Waals surface area contributed by atoms with Gasteiger partial charge in [0.15, 0.2) is 0 Å². The van der Waals surface area contributed by atoms with E-state index in [4.69, 9.17) is 0 Å². The Hall–Kier alpha value is 0. The minimum Gasteiger partial charge on any atom is -0.0776 e. The summed E-state index contributed by atoms with van der Waals surface area (Å²) in [4.78, 5) is 0. The first-order chi connectivity index (χ1) is 13.1. The maximum atomic E-state index is 2.27. The van der Waals surface area contributed by atoms with Crippen molar-refractivity contribution >= 4 is 0 Å². The van der Waals surface area contributed by atoms with E-state index in [1.54, 1.807) is 0 Å². The van der Waals surface area contributed by atoms with Gasteiger partial charge in [0, 0.05) is 0 Å². The van der Waals surface area contributed by atoms with Crippen LogP contribution in [0.25, 0.3) is 0 Å². The number of unbranched alkanes of at least 4 members (excludes halogenated alkanes) is 3. The average Bonchev–Trinajstić information content (AvgIpc) is 2.55. The molecule has 0 unspecified atom stereocenters. The van der Waals surface area contributed by atoms with E-state index < -0.39 is 0 Å². The van der Waals surface area contributed by atoms with E-state index in [1.165, 1.54) is 57.8 Å². The third kappa shape index (κ3) is 204. The Morgan fingerprint density at radius 1 is 0.500 bits per heavy atom. The fourth-order valence-corrected chi connectivity index (χ4v) is 1.10. The molecular formula is C30H74. The molecule has 0 saturated carbocycles. The maximum absolute atomic E-state index is 2.27. The van der Waals surface area contributed by atoms with Crippen molar-refractivity contribution in [3.05, 3.63) is 0 Å². The van der Waals surface area contributed by atoms with Crippen LogP contribution < -0.4 is 0 Å². The van der Waals surface area contributed by atoms with Gasteiger partial charge >= 0.3 is 0 Å². The Morgan fingerprint density at radius 3 is 0.733 bits per heavy atom. The summed E-state index contributed by atoms with van der Waals surface area (Å²) in [6.07, 6.45) is 11.9. The third-order valence-electron chi connectivity index (χ3n) is 3.27. The van der Waals surface area contributed by atoms with E-state index in [0.717, 1.165) is 5.92 Å². The quantitative estimate of drug-likeness (QED) is 0.412. The normalized spacial score (nSPS) is 9.40. The van der Waals surface area contributed by atoms with Gasteiger partial charge in [-0.1, -0.05) is 176 Å². The van der Waals surface area contributed by atoms with E-state index in [2.05, 4.69) is 118 Å². The molecule has 194 valence electrons. The van der Waals surface area contributed by atoms with E-state index in [1.807, 2.05) is 0 Å². The van der Waals surface area contributed by atoms with Gasteiger partial charge in [-0.2, -0.15) is 0 Å². The lowest BCUT2D eigenvalue weighted by Crippen LogP contribution is -2.02. The smallest absolute Gasteiger partial charge is 0.0383 e. The Morgan fingerprint density at radius 2 is 0.733 bits per heavy atom. The number of rotatable bonds is 4. The summed E-state index contributed by atoms with van der Waals surface area (Å²) >= 11 is 0. The second kappa shape index (κ2) is 39.5. The highest BCUT2D eigenvalue weighted by atomic mass is 14.1.